The van der Waals surface area contributed by atoms with Gasteiger partial charge >= 0.3 is 0 Å². The van der Waals surface area contributed by atoms with Gasteiger partial charge in [-0.2, -0.15) is 5.10 Å². The van der Waals surface area contributed by atoms with Crippen molar-refractivity contribution in [3.63, 3.8) is 0 Å². The van der Waals surface area contributed by atoms with E-state index >= 15 is 0 Å². The van der Waals surface area contributed by atoms with Crippen LogP contribution in [0.2, 0.25) is 25.7 Å². The Bertz CT molecular complexity index is 1090. The maximum absolute atomic E-state index is 12.3. The van der Waals surface area contributed by atoms with Crippen LogP contribution in [-0.2, 0) is 21.7 Å². The number of anilines is 1. The maximum atomic E-state index is 12.3. The number of hydrogen-bond donors (Lipinski definition) is 1. The molecule has 0 bridgehead atoms. The summed E-state index contributed by atoms with van der Waals surface area (Å²) in [4.78, 5) is 12.3. The second-order valence-corrected chi connectivity index (χ2v) is 16.7. The highest BCUT2D eigenvalue weighted by Gasteiger charge is 2.17. The van der Waals surface area contributed by atoms with E-state index in [1.807, 2.05) is 11.6 Å². The molecule has 0 fully saturated rings. The molecule has 1 N–H and O–H groups in total. The van der Waals surface area contributed by atoms with Gasteiger partial charge in [0, 0.05) is 26.5 Å². The molecule has 5 nitrogen and oxygen atoms in total. The van der Waals surface area contributed by atoms with Crippen molar-refractivity contribution < 1.29 is 9.53 Å². The Labute approximate surface area is 199 Å². The molecule has 0 saturated heterocycles. The highest BCUT2D eigenvalue weighted by atomic mass is 28.3. The molecule has 33 heavy (non-hydrogen) atoms. The summed E-state index contributed by atoms with van der Waals surface area (Å²) in [6.45, 7) is 16.8. The van der Waals surface area contributed by atoms with Crippen molar-refractivity contribution in [1.82, 2.24) is 9.78 Å². The summed E-state index contributed by atoms with van der Waals surface area (Å²) in [5.74, 6) is 0.595. The number of rotatable bonds is 9. The van der Waals surface area contributed by atoms with Crippen LogP contribution in [0.15, 0.2) is 42.5 Å². The van der Waals surface area contributed by atoms with Crippen molar-refractivity contribution in [2.45, 2.75) is 78.4 Å². The van der Waals surface area contributed by atoms with Gasteiger partial charge in [-0.25, -0.2) is 4.68 Å². The van der Waals surface area contributed by atoms with Crippen molar-refractivity contribution in [2.75, 3.05) is 11.9 Å². The summed E-state index contributed by atoms with van der Waals surface area (Å²) >= 11 is 0. The third-order valence-corrected chi connectivity index (χ3v) is 7.48. The van der Waals surface area contributed by atoms with Crippen molar-refractivity contribution in [3.05, 3.63) is 48.0 Å². The molecule has 0 aliphatic rings. The Kier molecular flexibility index (Phi) is 7.80. The van der Waals surface area contributed by atoms with E-state index in [4.69, 9.17) is 9.84 Å². The lowest BCUT2D eigenvalue weighted by atomic mass is 9.86. The van der Waals surface area contributed by atoms with E-state index < -0.39 is 8.07 Å². The average molecular weight is 466 g/mol. The number of nitrogens with one attached hydrogen (secondary N) is 1. The Morgan fingerprint density at radius 3 is 2.33 bits per heavy atom. The van der Waals surface area contributed by atoms with Crippen LogP contribution in [0.1, 0.15) is 46.1 Å². The Morgan fingerprint density at radius 1 is 1.06 bits per heavy atom. The molecule has 0 spiro atoms. The molecule has 3 rings (SSSR count). The fraction of sp³-hybridized carbons (Fsp3) is 0.481. The maximum Gasteiger partial charge on any atom is 0.225 e. The van der Waals surface area contributed by atoms with Crippen LogP contribution in [0.4, 0.5) is 5.82 Å². The molecule has 0 radical (unpaired) electrons. The lowest BCUT2D eigenvalue weighted by Gasteiger charge is -2.19. The summed E-state index contributed by atoms with van der Waals surface area (Å²) in [6, 6.07) is 16.2. The summed E-state index contributed by atoms with van der Waals surface area (Å²) in [5, 5.41) is 8.62. The van der Waals surface area contributed by atoms with Gasteiger partial charge in [0.25, 0.3) is 0 Å². The Balaban J connectivity index is 1.92. The zero-order valence-corrected chi connectivity index (χ0v) is 22.3. The third kappa shape index (κ3) is 6.78. The van der Waals surface area contributed by atoms with Gasteiger partial charge in [0.1, 0.15) is 6.73 Å². The summed E-state index contributed by atoms with van der Waals surface area (Å²) in [5.41, 5.74) is 4.69. The fourth-order valence-corrected chi connectivity index (χ4v) is 4.41. The predicted molar refractivity (Wildman–Crippen MR) is 142 cm³/mol. The standard InChI is InChI=1S/C27H39N3O2Si/c1-8-9-25(31)28-26-23-15-12-21(20-10-13-22(14-11-20)27(2,3)4)18-24(23)30(29-26)19-32-16-17-33(5,6)7/h10-15,18H,8-9,16-17,19H2,1-7H3,(H,28,29,31). The number of ether oxygens (including phenoxy) is 1. The molecule has 0 saturated carbocycles. The molecule has 1 heterocycles. The van der Waals surface area contributed by atoms with E-state index in [0.29, 0.717) is 19.0 Å². The van der Waals surface area contributed by atoms with Gasteiger partial charge in [0.15, 0.2) is 5.82 Å². The van der Waals surface area contributed by atoms with Gasteiger partial charge in [0.05, 0.1) is 5.52 Å². The second-order valence-electron chi connectivity index (χ2n) is 11.1. The van der Waals surface area contributed by atoms with Crippen LogP contribution in [0.3, 0.4) is 0 Å². The lowest BCUT2D eigenvalue weighted by Crippen LogP contribution is -2.22. The van der Waals surface area contributed by atoms with Gasteiger partial charge in [-0.1, -0.05) is 77.7 Å². The van der Waals surface area contributed by atoms with E-state index in [-0.39, 0.29) is 11.3 Å². The van der Waals surface area contributed by atoms with E-state index in [1.165, 1.54) is 5.56 Å². The second kappa shape index (κ2) is 10.2. The molecule has 0 atom stereocenters. The van der Waals surface area contributed by atoms with Gasteiger partial charge in [-0.15, -0.1) is 0 Å². The first-order valence-corrected chi connectivity index (χ1v) is 15.7. The normalized spacial score (nSPS) is 12.3. The molecule has 6 heteroatoms. The van der Waals surface area contributed by atoms with Crippen LogP contribution in [0.25, 0.3) is 22.0 Å². The minimum atomic E-state index is -1.16. The Morgan fingerprint density at radius 2 is 1.73 bits per heavy atom. The molecule has 178 valence electrons. The number of hydrogen-bond acceptors (Lipinski definition) is 3. The molecule has 2 aromatic carbocycles. The lowest BCUT2D eigenvalue weighted by molar-refractivity contribution is -0.116. The van der Waals surface area contributed by atoms with E-state index in [2.05, 4.69) is 88.2 Å². The number of carbonyl (C=O) groups is 1. The number of aromatic nitrogens is 2. The van der Waals surface area contributed by atoms with E-state index in [9.17, 15) is 4.79 Å². The molecule has 1 amide bonds. The highest BCUT2D eigenvalue weighted by Crippen LogP contribution is 2.31. The van der Waals surface area contributed by atoms with Gasteiger partial charge < -0.3 is 10.1 Å². The molecular weight excluding hydrogens is 426 g/mol. The molecule has 0 aliphatic heterocycles. The number of benzene rings is 2. The molecule has 0 aliphatic carbocycles. The fourth-order valence-electron chi connectivity index (χ4n) is 3.66. The first kappa shape index (κ1) is 25.2. The van der Waals surface area contributed by atoms with E-state index in [1.54, 1.807) is 0 Å². The number of fused-ring (bicyclic) bond motifs is 1. The zero-order chi connectivity index (χ0) is 24.2. The summed E-state index contributed by atoms with van der Waals surface area (Å²) in [6.07, 6.45) is 1.29. The monoisotopic (exact) mass is 465 g/mol. The van der Waals surface area contributed by atoms with Crippen LogP contribution < -0.4 is 5.32 Å². The van der Waals surface area contributed by atoms with Crippen molar-refractivity contribution >= 4 is 30.7 Å². The van der Waals surface area contributed by atoms with Crippen LogP contribution >= 0.6 is 0 Å². The summed E-state index contributed by atoms with van der Waals surface area (Å²) < 4.78 is 7.86. The van der Waals surface area contributed by atoms with Gasteiger partial charge in [-0.3, -0.25) is 4.79 Å². The molecule has 1 aromatic heterocycles. The minimum absolute atomic E-state index is 0.00875. The zero-order valence-electron chi connectivity index (χ0n) is 21.3. The van der Waals surface area contributed by atoms with Crippen LogP contribution in [0.5, 0.6) is 0 Å². The van der Waals surface area contributed by atoms with Gasteiger partial charge in [0.2, 0.25) is 5.91 Å². The SMILES string of the molecule is CCCC(=O)Nc1nn(COCC[Si](C)(C)C)c2cc(-c3ccc(C(C)(C)C)cc3)ccc12. The molecule has 0 unspecified atom stereocenters. The highest BCUT2D eigenvalue weighted by molar-refractivity contribution is 6.76. The average Bonchev–Trinajstić information content (AvgIpc) is 3.07. The van der Waals surface area contributed by atoms with Crippen molar-refractivity contribution in [2.24, 2.45) is 0 Å². The number of carbonyl (C=O) groups excluding carboxylic acids is 1. The quantitative estimate of drug-likeness (QED) is 0.272. The largest absolute Gasteiger partial charge is 0.360 e. The minimum Gasteiger partial charge on any atom is -0.360 e. The van der Waals surface area contributed by atoms with Crippen molar-refractivity contribution in [1.29, 1.82) is 0 Å². The Hall–Kier alpha value is -2.44. The predicted octanol–water partition coefficient (Wildman–Crippen LogP) is 7.05. The van der Waals surface area contributed by atoms with Gasteiger partial charge in [-0.05, 0) is 46.7 Å². The van der Waals surface area contributed by atoms with Crippen LogP contribution in [0, 0.1) is 0 Å². The smallest absolute Gasteiger partial charge is 0.225 e. The number of amides is 1. The van der Waals surface area contributed by atoms with Crippen molar-refractivity contribution in [3.8, 4) is 11.1 Å². The van der Waals surface area contributed by atoms with Crippen LogP contribution in [-0.4, -0.2) is 30.4 Å². The molecule has 3 aromatic rings. The third-order valence-electron chi connectivity index (χ3n) is 5.78. The first-order chi connectivity index (χ1) is 15.5. The first-order valence-electron chi connectivity index (χ1n) is 12.0. The topological polar surface area (TPSA) is 56.2 Å². The number of nitrogens with zero attached hydrogens (tertiary/aromatic N) is 2. The van der Waals surface area contributed by atoms with E-state index in [0.717, 1.165) is 41.1 Å². The molecular formula is C27H39N3O2Si. The summed E-state index contributed by atoms with van der Waals surface area (Å²) in [7, 11) is -1.16.